The summed E-state index contributed by atoms with van der Waals surface area (Å²) in [5, 5.41) is 3.12. The van der Waals surface area contributed by atoms with E-state index in [1.165, 1.54) is 0 Å². The zero-order valence-electron chi connectivity index (χ0n) is 9.44. The predicted molar refractivity (Wildman–Crippen MR) is 65.4 cm³/mol. The topological polar surface area (TPSA) is 64.1 Å². The van der Waals surface area contributed by atoms with E-state index in [9.17, 15) is 0 Å². The molecular weight excluding hydrogens is 202 g/mol. The molecule has 86 valence electrons. The molecule has 16 heavy (non-hydrogen) atoms. The van der Waals surface area contributed by atoms with Crippen LogP contribution >= 0.6 is 0 Å². The molecule has 0 amide bonds. The lowest BCUT2D eigenvalue weighted by molar-refractivity contribution is 0.585. The van der Waals surface area contributed by atoms with E-state index in [1.54, 1.807) is 0 Å². The van der Waals surface area contributed by atoms with Crippen LogP contribution in [0.4, 0.5) is 6.01 Å². The summed E-state index contributed by atoms with van der Waals surface area (Å²) >= 11 is 0. The van der Waals surface area contributed by atoms with Gasteiger partial charge in [-0.05, 0) is 18.6 Å². The fourth-order valence-corrected chi connectivity index (χ4v) is 1.64. The Morgan fingerprint density at radius 2 is 2.25 bits per heavy atom. The highest BCUT2D eigenvalue weighted by Gasteiger charge is 2.06. The first kappa shape index (κ1) is 11.0. The van der Waals surface area contributed by atoms with Crippen molar-refractivity contribution in [2.45, 2.75) is 25.8 Å². The normalized spacial score (nSPS) is 12.9. The summed E-state index contributed by atoms with van der Waals surface area (Å²) in [6.07, 6.45) is 2.10. The number of nitrogens with two attached hydrogens (primary N) is 1. The highest BCUT2D eigenvalue weighted by molar-refractivity contribution is 5.74. The second-order valence-corrected chi connectivity index (χ2v) is 3.92. The molecule has 4 nitrogen and oxygen atoms in total. The molecule has 0 fully saturated rings. The number of oxazole rings is 1. The van der Waals surface area contributed by atoms with Crippen LogP contribution < -0.4 is 11.1 Å². The van der Waals surface area contributed by atoms with Crippen LogP contribution in [0.15, 0.2) is 28.7 Å². The van der Waals surface area contributed by atoms with Gasteiger partial charge in [0.2, 0.25) is 0 Å². The summed E-state index contributed by atoms with van der Waals surface area (Å²) in [4.78, 5) is 4.31. The van der Waals surface area contributed by atoms with Crippen molar-refractivity contribution in [3.63, 3.8) is 0 Å². The van der Waals surface area contributed by atoms with Crippen molar-refractivity contribution < 1.29 is 4.42 Å². The van der Waals surface area contributed by atoms with Crippen LogP contribution in [0.5, 0.6) is 0 Å². The maximum Gasteiger partial charge on any atom is 0.295 e. The Hall–Kier alpha value is -1.55. The maximum atomic E-state index is 5.89. The van der Waals surface area contributed by atoms with Crippen molar-refractivity contribution >= 4 is 17.1 Å². The van der Waals surface area contributed by atoms with E-state index in [4.69, 9.17) is 10.2 Å². The van der Waals surface area contributed by atoms with Gasteiger partial charge in [-0.15, -0.1) is 0 Å². The quantitative estimate of drug-likeness (QED) is 0.810. The Kier molecular flexibility index (Phi) is 3.41. The molecule has 4 heteroatoms. The van der Waals surface area contributed by atoms with E-state index in [0.29, 0.717) is 12.6 Å². The number of anilines is 1. The lowest BCUT2D eigenvalue weighted by Crippen LogP contribution is -2.28. The van der Waals surface area contributed by atoms with Crippen LogP contribution in [0.3, 0.4) is 0 Å². The number of benzene rings is 1. The first-order chi connectivity index (χ1) is 7.79. The SMILES string of the molecule is CCCC(N)CNc1nc2ccccc2o1. The summed E-state index contributed by atoms with van der Waals surface area (Å²) in [7, 11) is 0. The largest absolute Gasteiger partial charge is 0.424 e. The molecule has 1 atom stereocenters. The van der Waals surface area contributed by atoms with Gasteiger partial charge in [0, 0.05) is 12.6 Å². The number of rotatable bonds is 5. The highest BCUT2D eigenvalue weighted by Crippen LogP contribution is 2.17. The number of nitrogens with one attached hydrogen (secondary N) is 1. The van der Waals surface area contributed by atoms with Gasteiger partial charge < -0.3 is 15.5 Å². The minimum absolute atomic E-state index is 0.153. The summed E-state index contributed by atoms with van der Waals surface area (Å²) < 4.78 is 5.52. The third-order valence-corrected chi connectivity index (χ3v) is 2.47. The first-order valence-electron chi connectivity index (χ1n) is 5.64. The van der Waals surface area contributed by atoms with Crippen molar-refractivity contribution in [1.29, 1.82) is 0 Å². The van der Waals surface area contributed by atoms with E-state index in [2.05, 4.69) is 17.2 Å². The second kappa shape index (κ2) is 4.99. The monoisotopic (exact) mass is 219 g/mol. The van der Waals surface area contributed by atoms with Crippen molar-refractivity contribution in [2.75, 3.05) is 11.9 Å². The molecule has 0 aliphatic heterocycles. The fourth-order valence-electron chi connectivity index (χ4n) is 1.64. The van der Waals surface area contributed by atoms with Crippen molar-refractivity contribution in [1.82, 2.24) is 4.98 Å². The molecular formula is C12H17N3O. The summed E-state index contributed by atoms with van der Waals surface area (Å²) in [5.74, 6) is 0. The number of nitrogens with zero attached hydrogens (tertiary/aromatic N) is 1. The molecule has 2 aromatic rings. The van der Waals surface area contributed by atoms with E-state index in [0.717, 1.165) is 23.9 Å². The standard InChI is InChI=1S/C12H17N3O/c1-2-5-9(13)8-14-12-15-10-6-3-4-7-11(10)16-12/h3-4,6-7,9H,2,5,8,13H2,1H3,(H,14,15). The zero-order chi connectivity index (χ0) is 11.4. The van der Waals surface area contributed by atoms with Gasteiger partial charge in [-0.2, -0.15) is 4.98 Å². The van der Waals surface area contributed by atoms with Gasteiger partial charge >= 0.3 is 0 Å². The van der Waals surface area contributed by atoms with Gasteiger partial charge in [-0.25, -0.2) is 0 Å². The summed E-state index contributed by atoms with van der Waals surface area (Å²) in [6.45, 7) is 2.82. The molecule has 0 bridgehead atoms. The molecule has 3 N–H and O–H groups in total. The van der Waals surface area contributed by atoms with Crippen LogP contribution in [0.25, 0.3) is 11.1 Å². The Bertz CT molecular complexity index is 419. The molecule has 0 spiro atoms. The fraction of sp³-hybridized carbons (Fsp3) is 0.417. The maximum absolute atomic E-state index is 5.89. The molecule has 1 unspecified atom stereocenters. The number of para-hydroxylation sites is 2. The average molecular weight is 219 g/mol. The number of hydrogen-bond acceptors (Lipinski definition) is 4. The third kappa shape index (κ3) is 2.52. The molecule has 0 aliphatic carbocycles. The second-order valence-electron chi connectivity index (χ2n) is 3.92. The van der Waals surface area contributed by atoms with Gasteiger partial charge in [0.05, 0.1) is 0 Å². The van der Waals surface area contributed by atoms with Crippen LogP contribution in [0, 0.1) is 0 Å². The smallest absolute Gasteiger partial charge is 0.295 e. The minimum Gasteiger partial charge on any atom is -0.424 e. The summed E-state index contributed by atoms with van der Waals surface area (Å²) in [5.41, 5.74) is 7.56. The van der Waals surface area contributed by atoms with E-state index in [1.807, 2.05) is 24.3 Å². The number of hydrogen-bond donors (Lipinski definition) is 2. The Labute approximate surface area is 94.8 Å². The van der Waals surface area contributed by atoms with Gasteiger partial charge in [0.25, 0.3) is 6.01 Å². The highest BCUT2D eigenvalue weighted by atomic mass is 16.4. The molecule has 1 aromatic heterocycles. The van der Waals surface area contributed by atoms with Gasteiger partial charge in [0.1, 0.15) is 5.52 Å². The molecule has 1 heterocycles. The minimum atomic E-state index is 0.153. The van der Waals surface area contributed by atoms with Crippen molar-refractivity contribution in [3.8, 4) is 0 Å². The van der Waals surface area contributed by atoms with Crippen molar-refractivity contribution in [2.24, 2.45) is 5.73 Å². The Morgan fingerprint density at radius 3 is 3.00 bits per heavy atom. The van der Waals surface area contributed by atoms with Crippen LogP contribution in [0.1, 0.15) is 19.8 Å². The van der Waals surface area contributed by atoms with E-state index < -0.39 is 0 Å². The Balaban J connectivity index is 1.99. The van der Waals surface area contributed by atoms with Crippen LogP contribution in [-0.4, -0.2) is 17.6 Å². The molecule has 2 rings (SSSR count). The van der Waals surface area contributed by atoms with Gasteiger partial charge in [-0.1, -0.05) is 25.5 Å². The van der Waals surface area contributed by atoms with Crippen LogP contribution in [0.2, 0.25) is 0 Å². The molecule has 0 aliphatic rings. The number of fused-ring (bicyclic) bond motifs is 1. The molecule has 0 radical (unpaired) electrons. The third-order valence-electron chi connectivity index (χ3n) is 2.47. The average Bonchev–Trinajstić information content (AvgIpc) is 2.69. The predicted octanol–water partition coefficient (Wildman–Crippen LogP) is 2.37. The van der Waals surface area contributed by atoms with Crippen LogP contribution in [-0.2, 0) is 0 Å². The lowest BCUT2D eigenvalue weighted by Gasteiger charge is -2.09. The van der Waals surface area contributed by atoms with Crippen molar-refractivity contribution in [3.05, 3.63) is 24.3 Å². The summed E-state index contributed by atoms with van der Waals surface area (Å²) in [6, 6.07) is 8.40. The van der Waals surface area contributed by atoms with E-state index >= 15 is 0 Å². The van der Waals surface area contributed by atoms with E-state index in [-0.39, 0.29) is 6.04 Å². The first-order valence-corrected chi connectivity index (χ1v) is 5.64. The lowest BCUT2D eigenvalue weighted by atomic mass is 10.2. The number of aromatic nitrogens is 1. The zero-order valence-corrected chi connectivity index (χ0v) is 9.44. The molecule has 0 saturated heterocycles. The molecule has 0 saturated carbocycles. The Morgan fingerprint density at radius 1 is 1.44 bits per heavy atom. The van der Waals surface area contributed by atoms with Gasteiger partial charge in [0.15, 0.2) is 5.58 Å². The van der Waals surface area contributed by atoms with Gasteiger partial charge in [-0.3, -0.25) is 0 Å². The molecule has 1 aromatic carbocycles.